The maximum absolute atomic E-state index is 13.1. The van der Waals surface area contributed by atoms with Gasteiger partial charge in [0.05, 0.1) is 17.3 Å². The maximum Gasteiger partial charge on any atom is 0.411 e. The average molecular weight is 477 g/mol. The van der Waals surface area contributed by atoms with Crippen LogP contribution < -0.4 is 21.3 Å². The van der Waals surface area contributed by atoms with E-state index >= 15 is 0 Å². The topological polar surface area (TPSA) is 143 Å². The molecule has 4 amide bonds. The zero-order valence-corrected chi connectivity index (χ0v) is 18.6. The molecule has 0 bridgehead atoms. The average Bonchev–Trinajstić information content (AvgIpc) is 3.70. The molecule has 3 aliphatic rings. The number of anilines is 1. The first kappa shape index (κ1) is 23.0. The van der Waals surface area contributed by atoms with Crippen LogP contribution in [0.3, 0.4) is 0 Å². The van der Waals surface area contributed by atoms with Crippen LogP contribution in [0.4, 0.5) is 10.5 Å². The molecule has 176 valence electrons. The Kier molecular flexibility index (Phi) is 6.83. The first-order chi connectivity index (χ1) is 15.8. The van der Waals surface area contributed by atoms with E-state index in [1.807, 2.05) is 0 Å². The normalized spacial score (nSPS) is 20.4. The molecular formula is C22H25ClN4O6. The molecule has 0 spiro atoms. The second kappa shape index (κ2) is 9.78. The van der Waals surface area contributed by atoms with Gasteiger partial charge in [-0.05, 0) is 56.7 Å². The Hall–Kier alpha value is -3.14. The van der Waals surface area contributed by atoms with Gasteiger partial charge in [-0.25, -0.2) is 4.79 Å². The van der Waals surface area contributed by atoms with Gasteiger partial charge in [-0.3, -0.25) is 24.5 Å². The Labute approximate surface area is 195 Å². The molecule has 11 heteroatoms. The Morgan fingerprint density at radius 2 is 1.88 bits per heavy atom. The lowest BCUT2D eigenvalue weighted by Gasteiger charge is -2.20. The Balaban J connectivity index is 1.50. The van der Waals surface area contributed by atoms with Gasteiger partial charge in [0.1, 0.15) is 6.10 Å². The van der Waals surface area contributed by atoms with Crippen LogP contribution in [0.25, 0.3) is 0 Å². The molecule has 1 aromatic rings. The molecule has 1 aromatic carbocycles. The van der Waals surface area contributed by atoms with E-state index in [0.29, 0.717) is 13.0 Å². The minimum atomic E-state index is -1.21. The molecule has 4 N–H and O–H groups in total. The molecule has 1 heterocycles. The van der Waals surface area contributed by atoms with E-state index in [2.05, 4.69) is 21.3 Å². The van der Waals surface area contributed by atoms with Crippen molar-refractivity contribution in [3.63, 3.8) is 0 Å². The second-order valence-electron chi connectivity index (χ2n) is 8.57. The molecule has 2 atom stereocenters. The summed E-state index contributed by atoms with van der Waals surface area (Å²) in [4.78, 5) is 62.5. The van der Waals surface area contributed by atoms with Gasteiger partial charge in [-0.1, -0.05) is 11.6 Å². The molecular weight excluding hydrogens is 452 g/mol. The molecule has 2 saturated carbocycles. The number of carbonyl (C=O) groups is 5. The first-order valence-corrected chi connectivity index (χ1v) is 11.4. The third-order valence-corrected chi connectivity index (χ3v) is 5.94. The van der Waals surface area contributed by atoms with Crippen LogP contribution >= 0.6 is 11.6 Å². The minimum absolute atomic E-state index is 0.00604. The number of ketones is 1. The van der Waals surface area contributed by atoms with Gasteiger partial charge < -0.3 is 20.7 Å². The van der Waals surface area contributed by atoms with E-state index < -0.39 is 35.7 Å². The summed E-state index contributed by atoms with van der Waals surface area (Å²) in [5.41, 5.74) is 0.154. The fourth-order valence-corrected chi connectivity index (χ4v) is 3.73. The van der Waals surface area contributed by atoms with E-state index in [4.69, 9.17) is 16.3 Å². The lowest BCUT2D eigenvalue weighted by molar-refractivity contribution is -0.139. The Morgan fingerprint density at radius 3 is 2.52 bits per heavy atom. The van der Waals surface area contributed by atoms with Crippen molar-refractivity contribution in [2.75, 3.05) is 11.9 Å². The summed E-state index contributed by atoms with van der Waals surface area (Å²) in [5, 5.41) is 10.6. The van der Waals surface area contributed by atoms with Gasteiger partial charge in [-0.2, -0.15) is 0 Å². The number of halogens is 1. The summed E-state index contributed by atoms with van der Waals surface area (Å²) in [5.74, 6) is -3.05. The molecule has 33 heavy (non-hydrogen) atoms. The molecule has 3 fully saturated rings. The number of rotatable bonds is 9. The van der Waals surface area contributed by atoms with Gasteiger partial charge in [0.2, 0.25) is 11.7 Å². The SMILES string of the molecule is O=C(Nc1ccc(Cl)cc1C(=O)N[C@@H](C[C@@H]1CCNC1=O)C(=O)C(=O)NC1CC1)OC1CC1. The standard InChI is InChI=1S/C22H25ClN4O6/c23-12-1-6-16(27-22(32)33-14-4-5-14)15(10-12)20(30)26-17(9-11-7-8-24-19(11)29)18(28)21(31)25-13-2-3-13/h1,6,10-11,13-14,17H,2-5,7-9H2,(H,24,29)(H,25,31)(H,26,30)(H,27,32)/t11-,17-/m0/s1. The highest BCUT2D eigenvalue weighted by atomic mass is 35.5. The van der Waals surface area contributed by atoms with Crippen molar-refractivity contribution in [2.24, 2.45) is 5.92 Å². The van der Waals surface area contributed by atoms with Gasteiger partial charge in [-0.15, -0.1) is 0 Å². The molecule has 10 nitrogen and oxygen atoms in total. The van der Waals surface area contributed by atoms with Gasteiger partial charge >= 0.3 is 6.09 Å². The van der Waals surface area contributed by atoms with Crippen molar-refractivity contribution in [3.8, 4) is 0 Å². The summed E-state index contributed by atoms with van der Waals surface area (Å²) in [6.45, 7) is 0.470. The van der Waals surface area contributed by atoms with Crippen molar-refractivity contribution in [1.29, 1.82) is 0 Å². The van der Waals surface area contributed by atoms with Gasteiger partial charge in [0.15, 0.2) is 0 Å². The smallest absolute Gasteiger partial charge is 0.411 e. The molecule has 2 aliphatic carbocycles. The lowest BCUT2D eigenvalue weighted by atomic mass is 9.95. The number of hydrogen-bond donors (Lipinski definition) is 4. The van der Waals surface area contributed by atoms with Crippen LogP contribution in [0.15, 0.2) is 18.2 Å². The monoisotopic (exact) mass is 476 g/mol. The van der Waals surface area contributed by atoms with E-state index in [1.165, 1.54) is 18.2 Å². The molecule has 0 radical (unpaired) electrons. The number of carbonyl (C=O) groups excluding carboxylic acids is 5. The van der Waals surface area contributed by atoms with Crippen LogP contribution in [-0.2, 0) is 19.1 Å². The van der Waals surface area contributed by atoms with E-state index in [-0.39, 0.29) is 40.7 Å². The molecule has 0 unspecified atom stereocenters. The highest BCUT2D eigenvalue weighted by molar-refractivity contribution is 6.38. The molecule has 1 aliphatic heterocycles. The van der Waals surface area contributed by atoms with Crippen molar-refractivity contribution in [1.82, 2.24) is 16.0 Å². The van der Waals surface area contributed by atoms with Gasteiger partial charge in [0.25, 0.3) is 11.8 Å². The van der Waals surface area contributed by atoms with E-state index in [9.17, 15) is 24.0 Å². The van der Waals surface area contributed by atoms with Crippen molar-refractivity contribution in [2.45, 2.75) is 56.7 Å². The quantitative estimate of drug-likeness (QED) is 0.398. The van der Waals surface area contributed by atoms with Crippen LogP contribution in [0, 0.1) is 5.92 Å². The van der Waals surface area contributed by atoms with E-state index in [0.717, 1.165) is 25.7 Å². The number of Topliss-reactive ketones (excluding diaryl/α,β-unsaturated/α-hetero) is 1. The first-order valence-electron chi connectivity index (χ1n) is 11.0. The highest BCUT2D eigenvalue weighted by Gasteiger charge is 2.36. The van der Waals surface area contributed by atoms with Crippen LogP contribution in [0.2, 0.25) is 5.02 Å². The summed E-state index contributed by atoms with van der Waals surface area (Å²) in [7, 11) is 0. The second-order valence-corrected chi connectivity index (χ2v) is 9.01. The predicted molar refractivity (Wildman–Crippen MR) is 118 cm³/mol. The van der Waals surface area contributed by atoms with Crippen LogP contribution in [0.1, 0.15) is 48.9 Å². The van der Waals surface area contributed by atoms with Crippen molar-refractivity contribution in [3.05, 3.63) is 28.8 Å². The van der Waals surface area contributed by atoms with E-state index in [1.54, 1.807) is 0 Å². The third-order valence-electron chi connectivity index (χ3n) is 5.70. The number of hydrogen-bond acceptors (Lipinski definition) is 6. The zero-order valence-electron chi connectivity index (χ0n) is 17.8. The number of nitrogens with one attached hydrogen (secondary N) is 4. The fraction of sp³-hybridized carbons (Fsp3) is 0.500. The van der Waals surface area contributed by atoms with Crippen molar-refractivity contribution >= 4 is 46.9 Å². The number of ether oxygens (including phenoxy) is 1. The molecule has 1 saturated heterocycles. The summed E-state index contributed by atoms with van der Waals surface area (Å²) in [6, 6.07) is 3.05. The van der Waals surface area contributed by atoms with Crippen molar-refractivity contribution < 1.29 is 28.7 Å². The molecule has 0 aromatic heterocycles. The summed E-state index contributed by atoms with van der Waals surface area (Å²) >= 11 is 6.05. The largest absolute Gasteiger partial charge is 0.446 e. The predicted octanol–water partition coefficient (Wildman–Crippen LogP) is 1.52. The Morgan fingerprint density at radius 1 is 1.12 bits per heavy atom. The minimum Gasteiger partial charge on any atom is -0.446 e. The Bertz CT molecular complexity index is 991. The zero-order chi connectivity index (χ0) is 23.5. The van der Waals surface area contributed by atoms with Crippen LogP contribution in [0.5, 0.6) is 0 Å². The lowest BCUT2D eigenvalue weighted by Crippen LogP contribution is -2.49. The molecule has 4 rings (SSSR count). The number of benzene rings is 1. The summed E-state index contributed by atoms with van der Waals surface area (Å²) < 4.78 is 5.16. The highest BCUT2D eigenvalue weighted by Crippen LogP contribution is 2.26. The van der Waals surface area contributed by atoms with Crippen LogP contribution in [-0.4, -0.2) is 54.3 Å². The maximum atomic E-state index is 13.1. The summed E-state index contributed by atoms with van der Waals surface area (Å²) in [6.07, 6.45) is 2.85. The fourth-order valence-electron chi connectivity index (χ4n) is 3.55. The number of amides is 4. The third kappa shape index (κ3) is 6.22. The van der Waals surface area contributed by atoms with Gasteiger partial charge in [0, 0.05) is 23.5 Å².